The second-order valence-electron chi connectivity index (χ2n) is 8.53. The molecule has 0 aromatic heterocycles. The summed E-state index contributed by atoms with van der Waals surface area (Å²) in [7, 11) is 0. The maximum Gasteiger partial charge on any atom is 0.351 e. The van der Waals surface area contributed by atoms with Gasteiger partial charge in [0.1, 0.15) is 12.2 Å². The summed E-state index contributed by atoms with van der Waals surface area (Å²) in [5.74, 6) is -3.27. The van der Waals surface area contributed by atoms with Gasteiger partial charge in [0, 0.05) is 24.8 Å². The summed E-state index contributed by atoms with van der Waals surface area (Å²) in [6.07, 6.45) is 0.158. The van der Waals surface area contributed by atoms with E-state index in [1.165, 1.54) is 13.8 Å². The van der Waals surface area contributed by atoms with Gasteiger partial charge >= 0.3 is 17.9 Å². The van der Waals surface area contributed by atoms with Gasteiger partial charge in [-0.15, -0.1) is 0 Å². The Labute approximate surface area is 180 Å². The molecule has 1 heterocycles. The van der Waals surface area contributed by atoms with Crippen molar-refractivity contribution in [3.8, 4) is 0 Å². The number of rotatable bonds is 3. The first kappa shape index (κ1) is 21.0. The molecule has 5 atom stereocenters. The summed E-state index contributed by atoms with van der Waals surface area (Å²) in [6, 6.07) is 8.50. The van der Waals surface area contributed by atoms with Crippen molar-refractivity contribution < 1.29 is 33.4 Å². The van der Waals surface area contributed by atoms with E-state index in [1.54, 1.807) is 36.4 Å². The Morgan fingerprint density at radius 1 is 1.13 bits per heavy atom. The lowest BCUT2D eigenvalue weighted by Crippen LogP contribution is -2.50. The van der Waals surface area contributed by atoms with Gasteiger partial charge < -0.3 is 14.2 Å². The smallest absolute Gasteiger partial charge is 0.351 e. The first-order valence-electron chi connectivity index (χ1n) is 10.2. The van der Waals surface area contributed by atoms with Crippen LogP contribution in [0.1, 0.15) is 44.5 Å². The van der Waals surface area contributed by atoms with Crippen molar-refractivity contribution >= 4 is 23.7 Å². The lowest BCUT2D eigenvalue weighted by atomic mass is 9.77. The lowest BCUT2D eigenvalue weighted by molar-refractivity contribution is -0.174. The zero-order valence-corrected chi connectivity index (χ0v) is 17.8. The van der Waals surface area contributed by atoms with Gasteiger partial charge in [0.25, 0.3) is 0 Å². The maximum atomic E-state index is 12.9. The predicted octanol–water partition coefficient (Wildman–Crippen LogP) is 2.94. The van der Waals surface area contributed by atoms with Gasteiger partial charge in [-0.3, -0.25) is 9.59 Å². The summed E-state index contributed by atoms with van der Waals surface area (Å²) in [5, 5.41) is 0. The Morgan fingerprint density at radius 2 is 1.81 bits per heavy atom. The highest BCUT2D eigenvalue weighted by Crippen LogP contribution is 2.51. The largest absolute Gasteiger partial charge is 0.458 e. The molecule has 1 saturated heterocycles. The summed E-state index contributed by atoms with van der Waals surface area (Å²) in [6.45, 7) is 6.33. The second kappa shape index (κ2) is 7.48. The zero-order chi connectivity index (χ0) is 22.5. The fourth-order valence-corrected chi connectivity index (χ4v) is 5.10. The van der Waals surface area contributed by atoms with E-state index >= 15 is 0 Å². The summed E-state index contributed by atoms with van der Waals surface area (Å²) < 4.78 is 17.1. The lowest BCUT2D eigenvalue weighted by Gasteiger charge is -2.34. The van der Waals surface area contributed by atoms with E-state index in [9.17, 15) is 19.2 Å². The van der Waals surface area contributed by atoms with Crippen molar-refractivity contribution in [1.82, 2.24) is 0 Å². The first-order chi connectivity index (χ1) is 14.6. The molecule has 0 N–H and O–H groups in total. The molecule has 0 spiro atoms. The normalized spacial score (nSPS) is 31.9. The number of hydrogen-bond acceptors (Lipinski definition) is 7. The third-order valence-corrected chi connectivity index (χ3v) is 6.38. The molecule has 2 aliphatic carbocycles. The van der Waals surface area contributed by atoms with Gasteiger partial charge in [0.2, 0.25) is 5.60 Å². The van der Waals surface area contributed by atoms with Crippen LogP contribution in [0.2, 0.25) is 0 Å². The van der Waals surface area contributed by atoms with E-state index in [0.29, 0.717) is 11.1 Å². The van der Waals surface area contributed by atoms with Gasteiger partial charge in [-0.25, -0.2) is 9.59 Å². The number of esters is 3. The fourth-order valence-electron chi connectivity index (χ4n) is 5.10. The van der Waals surface area contributed by atoms with Gasteiger partial charge in [0.15, 0.2) is 5.78 Å². The third-order valence-electron chi connectivity index (χ3n) is 6.38. The van der Waals surface area contributed by atoms with Crippen molar-refractivity contribution in [2.75, 3.05) is 0 Å². The first-order valence-corrected chi connectivity index (χ1v) is 10.2. The minimum atomic E-state index is -1.64. The van der Waals surface area contributed by atoms with Crippen molar-refractivity contribution in [2.24, 2.45) is 11.8 Å². The minimum Gasteiger partial charge on any atom is -0.458 e. The van der Waals surface area contributed by atoms with E-state index in [2.05, 4.69) is 0 Å². The molecule has 0 amide bonds. The van der Waals surface area contributed by atoms with Gasteiger partial charge in [-0.2, -0.15) is 0 Å². The van der Waals surface area contributed by atoms with Crippen LogP contribution in [0.3, 0.4) is 0 Å². The number of benzene rings is 1. The van der Waals surface area contributed by atoms with Gasteiger partial charge in [-0.1, -0.05) is 29.3 Å². The molecule has 162 valence electrons. The quantitative estimate of drug-likeness (QED) is 0.544. The molecule has 7 nitrogen and oxygen atoms in total. The van der Waals surface area contributed by atoms with E-state index in [-0.39, 0.29) is 12.2 Å². The Balaban J connectivity index is 1.79. The number of hydrogen-bond donors (Lipinski definition) is 0. The second-order valence-corrected chi connectivity index (χ2v) is 8.53. The van der Waals surface area contributed by atoms with Crippen LogP contribution in [-0.4, -0.2) is 41.5 Å². The third kappa shape index (κ3) is 3.38. The van der Waals surface area contributed by atoms with Crippen molar-refractivity contribution in [1.29, 1.82) is 0 Å². The van der Waals surface area contributed by atoms with Crippen LogP contribution in [0.15, 0.2) is 53.1 Å². The molecule has 31 heavy (non-hydrogen) atoms. The highest BCUT2D eigenvalue weighted by molar-refractivity contribution is 6.09. The standard InChI is InChI=1S/C24H24O7/c1-12-10-16(26)18-13(2)11-17(29-22(27)15-8-6-5-7-9-15)20-21(19(12)18)30-23(28)24(20,4)31-14(3)25/h5-10,17,19-21H,11H2,1-4H3. The Hall–Kier alpha value is -3.22. The average molecular weight is 424 g/mol. The monoisotopic (exact) mass is 424 g/mol. The molecule has 4 rings (SSSR count). The van der Waals surface area contributed by atoms with Crippen LogP contribution in [0.25, 0.3) is 0 Å². The van der Waals surface area contributed by atoms with Crippen molar-refractivity contribution in [3.63, 3.8) is 0 Å². The highest BCUT2D eigenvalue weighted by atomic mass is 16.6. The Morgan fingerprint density at radius 3 is 2.45 bits per heavy atom. The number of carbonyl (C=O) groups excluding carboxylic acids is 4. The van der Waals surface area contributed by atoms with E-state index < -0.39 is 47.6 Å². The Bertz CT molecular complexity index is 1040. The molecule has 5 unspecified atom stereocenters. The Kier molecular flexibility index (Phi) is 5.07. The molecule has 1 fully saturated rings. The SMILES string of the molecule is CC(=O)OC1(C)C(=O)OC2C3C(C)=CC(=O)C3=C(C)CC(OC(=O)c3ccccc3)C21. The minimum absolute atomic E-state index is 0.133. The average Bonchev–Trinajstić information content (AvgIpc) is 3.08. The molecule has 1 aromatic carbocycles. The van der Waals surface area contributed by atoms with Crippen LogP contribution in [0, 0.1) is 11.8 Å². The van der Waals surface area contributed by atoms with E-state index in [0.717, 1.165) is 11.1 Å². The highest BCUT2D eigenvalue weighted by Gasteiger charge is 2.65. The van der Waals surface area contributed by atoms with E-state index in [4.69, 9.17) is 14.2 Å². The maximum absolute atomic E-state index is 12.9. The molecule has 0 bridgehead atoms. The number of allylic oxidation sites excluding steroid dienone is 1. The summed E-state index contributed by atoms with van der Waals surface area (Å²) in [5.41, 5.74) is 0.819. The number of ether oxygens (including phenoxy) is 3. The van der Waals surface area contributed by atoms with Crippen LogP contribution in [-0.2, 0) is 28.6 Å². The van der Waals surface area contributed by atoms with Gasteiger partial charge in [-0.05, 0) is 39.0 Å². The molecule has 1 aliphatic heterocycles. The van der Waals surface area contributed by atoms with Crippen molar-refractivity contribution in [2.45, 2.75) is 51.9 Å². The van der Waals surface area contributed by atoms with Gasteiger partial charge in [0.05, 0.1) is 11.5 Å². The molecular formula is C24H24O7. The molecule has 0 radical (unpaired) electrons. The number of fused-ring (bicyclic) bond motifs is 3. The molecule has 1 aromatic rings. The molecule has 7 heteroatoms. The van der Waals surface area contributed by atoms with Crippen LogP contribution in [0.4, 0.5) is 0 Å². The molecule has 3 aliphatic rings. The number of carbonyl (C=O) groups is 4. The molecular weight excluding hydrogens is 400 g/mol. The summed E-state index contributed by atoms with van der Waals surface area (Å²) in [4.78, 5) is 50.3. The topological polar surface area (TPSA) is 96.0 Å². The van der Waals surface area contributed by atoms with Crippen molar-refractivity contribution in [3.05, 3.63) is 58.7 Å². The fraction of sp³-hybridized carbons (Fsp3) is 0.417. The predicted molar refractivity (Wildman–Crippen MR) is 109 cm³/mol. The number of ketones is 1. The van der Waals surface area contributed by atoms with Crippen LogP contribution >= 0.6 is 0 Å². The summed E-state index contributed by atoms with van der Waals surface area (Å²) >= 11 is 0. The zero-order valence-electron chi connectivity index (χ0n) is 17.8. The van der Waals surface area contributed by atoms with Crippen LogP contribution < -0.4 is 0 Å². The van der Waals surface area contributed by atoms with E-state index in [1.807, 2.05) is 13.8 Å². The van der Waals surface area contributed by atoms with Crippen LogP contribution in [0.5, 0.6) is 0 Å². The molecule has 0 saturated carbocycles.